The zero-order valence-electron chi connectivity index (χ0n) is 14.6. The number of amides is 1. The first kappa shape index (κ1) is 17.3. The van der Waals surface area contributed by atoms with Crippen molar-refractivity contribution < 1.29 is 9.21 Å². The molecule has 134 valence electrons. The van der Waals surface area contributed by atoms with Crippen molar-refractivity contribution >= 4 is 11.6 Å². The van der Waals surface area contributed by atoms with Gasteiger partial charge in [0.15, 0.2) is 5.76 Å². The molecule has 3 N–H and O–H groups in total. The Morgan fingerprint density at radius 1 is 1.36 bits per heavy atom. The van der Waals surface area contributed by atoms with Crippen LogP contribution in [0.1, 0.15) is 38.4 Å². The predicted molar refractivity (Wildman–Crippen MR) is 94.9 cm³/mol. The molecule has 2 aromatic heterocycles. The fraction of sp³-hybridized carbons (Fsp3) is 0.500. The molecule has 0 atom stereocenters. The van der Waals surface area contributed by atoms with Crippen molar-refractivity contribution in [2.45, 2.75) is 52.1 Å². The lowest BCUT2D eigenvalue weighted by Crippen LogP contribution is -2.41. The molecule has 0 unspecified atom stereocenters. The molecule has 0 spiro atoms. The van der Waals surface area contributed by atoms with Gasteiger partial charge >= 0.3 is 0 Å². The van der Waals surface area contributed by atoms with Gasteiger partial charge in [-0.3, -0.25) is 9.59 Å². The number of aryl methyl sites for hydroxylation is 1. The average molecular weight is 344 g/mol. The molecule has 0 radical (unpaired) electrons. The summed E-state index contributed by atoms with van der Waals surface area (Å²) >= 11 is 0. The number of aromatic nitrogens is 2. The highest BCUT2D eigenvalue weighted by Crippen LogP contribution is 2.23. The van der Waals surface area contributed by atoms with E-state index in [1.165, 1.54) is 6.07 Å². The van der Waals surface area contributed by atoms with E-state index in [0.29, 0.717) is 17.4 Å². The number of anilines is 1. The molecule has 1 saturated carbocycles. The van der Waals surface area contributed by atoms with Crippen molar-refractivity contribution in [3.8, 4) is 11.5 Å². The molecule has 1 fully saturated rings. The van der Waals surface area contributed by atoms with Gasteiger partial charge in [0, 0.05) is 6.04 Å². The van der Waals surface area contributed by atoms with Crippen LogP contribution in [0.15, 0.2) is 27.4 Å². The Hall–Kier alpha value is -2.57. The summed E-state index contributed by atoms with van der Waals surface area (Å²) in [5, 5.41) is 7.23. The maximum Gasteiger partial charge on any atom is 0.290 e. The van der Waals surface area contributed by atoms with Gasteiger partial charge in [0.2, 0.25) is 5.91 Å². The molecule has 1 aliphatic rings. The van der Waals surface area contributed by atoms with Crippen LogP contribution in [0.4, 0.5) is 5.69 Å². The smallest absolute Gasteiger partial charge is 0.290 e. The Morgan fingerprint density at radius 2 is 2.08 bits per heavy atom. The molecular weight excluding hydrogens is 320 g/mol. The second-order valence-corrected chi connectivity index (χ2v) is 6.88. The van der Waals surface area contributed by atoms with Crippen LogP contribution < -0.4 is 16.6 Å². The van der Waals surface area contributed by atoms with Crippen LogP contribution in [-0.2, 0) is 11.3 Å². The zero-order valence-corrected chi connectivity index (χ0v) is 14.6. The number of nitrogens with zero attached hydrogens (tertiary/aromatic N) is 2. The maximum absolute atomic E-state index is 12.3. The fourth-order valence-electron chi connectivity index (χ4n) is 3.18. The third-order valence-corrected chi connectivity index (χ3v) is 4.67. The number of carbonyl (C=O) groups is 1. The zero-order chi connectivity index (χ0) is 18.0. The minimum Gasteiger partial charge on any atom is -0.460 e. The van der Waals surface area contributed by atoms with Crippen molar-refractivity contribution in [2.75, 3.05) is 5.73 Å². The van der Waals surface area contributed by atoms with Crippen molar-refractivity contribution in [3.05, 3.63) is 34.3 Å². The van der Waals surface area contributed by atoms with Crippen LogP contribution in [-0.4, -0.2) is 21.7 Å². The van der Waals surface area contributed by atoms with Crippen LogP contribution in [0.5, 0.6) is 0 Å². The molecule has 2 aromatic rings. The van der Waals surface area contributed by atoms with E-state index in [9.17, 15) is 9.59 Å². The van der Waals surface area contributed by atoms with Gasteiger partial charge in [-0.15, -0.1) is 0 Å². The highest BCUT2D eigenvalue weighted by molar-refractivity contribution is 5.76. The van der Waals surface area contributed by atoms with Gasteiger partial charge in [-0.05, 0) is 56.7 Å². The van der Waals surface area contributed by atoms with Crippen molar-refractivity contribution in [3.63, 3.8) is 0 Å². The largest absolute Gasteiger partial charge is 0.460 e. The second-order valence-electron chi connectivity index (χ2n) is 6.88. The molecule has 25 heavy (non-hydrogen) atoms. The van der Waals surface area contributed by atoms with Gasteiger partial charge in [0.1, 0.15) is 23.7 Å². The Bertz CT molecular complexity index is 816. The van der Waals surface area contributed by atoms with E-state index in [1.807, 2.05) is 6.92 Å². The third kappa shape index (κ3) is 4.10. The molecule has 0 aliphatic heterocycles. The highest BCUT2D eigenvalue weighted by Gasteiger charge is 2.20. The number of nitrogen functional groups attached to an aromatic ring is 1. The van der Waals surface area contributed by atoms with Gasteiger partial charge < -0.3 is 15.5 Å². The molecule has 3 rings (SSSR count). The first-order valence-electron chi connectivity index (χ1n) is 8.66. The minimum absolute atomic E-state index is 0.0401. The Morgan fingerprint density at radius 3 is 2.72 bits per heavy atom. The van der Waals surface area contributed by atoms with E-state index in [4.69, 9.17) is 10.2 Å². The van der Waals surface area contributed by atoms with Gasteiger partial charge in [-0.2, -0.15) is 5.10 Å². The lowest BCUT2D eigenvalue weighted by atomic mass is 9.87. The molecule has 0 aromatic carbocycles. The quantitative estimate of drug-likeness (QED) is 0.884. The summed E-state index contributed by atoms with van der Waals surface area (Å²) in [6.45, 7) is 3.90. The first-order chi connectivity index (χ1) is 11.9. The Kier molecular flexibility index (Phi) is 4.92. The van der Waals surface area contributed by atoms with Crippen LogP contribution in [0.3, 0.4) is 0 Å². The van der Waals surface area contributed by atoms with E-state index >= 15 is 0 Å². The fourth-order valence-corrected chi connectivity index (χ4v) is 3.18. The summed E-state index contributed by atoms with van der Waals surface area (Å²) in [4.78, 5) is 24.5. The molecule has 1 aliphatic carbocycles. The van der Waals surface area contributed by atoms with E-state index in [1.54, 1.807) is 12.1 Å². The SMILES string of the molecule is Cc1ccc(-c2cc(N)c(=O)n(CC(=O)NC3CCC(C)CC3)n2)o1. The molecule has 2 heterocycles. The van der Waals surface area contributed by atoms with E-state index in [-0.39, 0.29) is 24.2 Å². The Labute approximate surface area is 146 Å². The normalized spacial score (nSPS) is 20.4. The van der Waals surface area contributed by atoms with Gasteiger partial charge in [-0.25, -0.2) is 4.68 Å². The molecule has 1 amide bonds. The number of furan rings is 1. The Balaban J connectivity index is 1.74. The lowest BCUT2D eigenvalue weighted by molar-refractivity contribution is -0.122. The predicted octanol–water partition coefficient (Wildman–Crippen LogP) is 2.09. The molecule has 0 bridgehead atoms. The van der Waals surface area contributed by atoms with E-state index < -0.39 is 5.56 Å². The van der Waals surface area contributed by atoms with Gasteiger partial charge in [-0.1, -0.05) is 6.92 Å². The summed E-state index contributed by atoms with van der Waals surface area (Å²) in [7, 11) is 0. The number of carbonyl (C=O) groups excluding carboxylic acids is 1. The summed E-state index contributed by atoms with van der Waals surface area (Å²) in [5.74, 6) is 1.74. The van der Waals surface area contributed by atoms with E-state index in [2.05, 4.69) is 17.3 Å². The molecule has 7 heteroatoms. The molecule has 0 saturated heterocycles. The highest BCUT2D eigenvalue weighted by atomic mass is 16.3. The maximum atomic E-state index is 12.3. The average Bonchev–Trinajstić information content (AvgIpc) is 3.00. The standard InChI is InChI=1S/C18H24N4O3/c1-11-3-6-13(7-4-11)20-17(23)10-22-18(24)14(19)9-15(21-22)16-8-5-12(2)25-16/h5,8-9,11,13H,3-4,6-7,10,19H2,1-2H3,(H,20,23). The van der Waals surface area contributed by atoms with Crippen molar-refractivity contribution in [2.24, 2.45) is 5.92 Å². The molecular formula is C18H24N4O3. The number of rotatable bonds is 4. The summed E-state index contributed by atoms with van der Waals surface area (Å²) < 4.78 is 6.62. The van der Waals surface area contributed by atoms with Crippen molar-refractivity contribution in [1.29, 1.82) is 0 Å². The lowest BCUT2D eigenvalue weighted by Gasteiger charge is -2.26. The second kappa shape index (κ2) is 7.13. The number of hydrogen-bond acceptors (Lipinski definition) is 5. The summed E-state index contributed by atoms with van der Waals surface area (Å²) in [6, 6.07) is 5.21. The number of nitrogens with one attached hydrogen (secondary N) is 1. The van der Waals surface area contributed by atoms with E-state index in [0.717, 1.165) is 36.1 Å². The number of nitrogens with two attached hydrogens (primary N) is 1. The topological polar surface area (TPSA) is 103 Å². The first-order valence-corrected chi connectivity index (χ1v) is 8.66. The van der Waals surface area contributed by atoms with Crippen LogP contribution >= 0.6 is 0 Å². The molecule has 7 nitrogen and oxygen atoms in total. The minimum atomic E-state index is -0.473. The summed E-state index contributed by atoms with van der Waals surface area (Å²) in [6.07, 6.45) is 4.18. The van der Waals surface area contributed by atoms with Gasteiger partial charge in [0.25, 0.3) is 5.56 Å². The van der Waals surface area contributed by atoms with Crippen LogP contribution in [0.2, 0.25) is 0 Å². The number of hydrogen-bond donors (Lipinski definition) is 2. The van der Waals surface area contributed by atoms with Gasteiger partial charge in [0.05, 0.1) is 0 Å². The van der Waals surface area contributed by atoms with Crippen LogP contribution in [0.25, 0.3) is 11.5 Å². The third-order valence-electron chi connectivity index (χ3n) is 4.67. The summed E-state index contributed by atoms with van der Waals surface area (Å²) in [5.41, 5.74) is 5.80. The van der Waals surface area contributed by atoms with Crippen LogP contribution in [0, 0.1) is 12.8 Å². The monoisotopic (exact) mass is 344 g/mol. The van der Waals surface area contributed by atoms with Crippen molar-refractivity contribution in [1.82, 2.24) is 15.1 Å².